The van der Waals surface area contributed by atoms with E-state index in [0.29, 0.717) is 11.4 Å². The van der Waals surface area contributed by atoms with Gasteiger partial charge in [0.05, 0.1) is 4.90 Å². The van der Waals surface area contributed by atoms with Gasteiger partial charge in [-0.3, -0.25) is 0 Å². The summed E-state index contributed by atoms with van der Waals surface area (Å²) in [5.74, 6) is 0. The number of benzene rings is 1. The molecule has 0 bridgehead atoms. The van der Waals surface area contributed by atoms with Crippen molar-refractivity contribution in [1.82, 2.24) is 10.0 Å². The third-order valence-corrected chi connectivity index (χ3v) is 5.00. The molecule has 1 fully saturated rings. The van der Waals surface area contributed by atoms with Gasteiger partial charge in [0.15, 0.2) is 0 Å². The molecule has 2 N–H and O–H groups in total. The molecule has 4 nitrogen and oxygen atoms in total. The van der Waals surface area contributed by atoms with Crippen LogP contribution >= 0.6 is 22.6 Å². The number of halogens is 1. The molecular weight excluding hydrogens is 351 g/mol. The van der Waals surface area contributed by atoms with Crippen molar-refractivity contribution in [3.05, 3.63) is 27.8 Å². The first-order chi connectivity index (χ1) is 8.08. The van der Waals surface area contributed by atoms with E-state index in [-0.39, 0.29) is 6.04 Å². The SMILES string of the molecule is O=S(=O)(NC1CCCNC1)c1ccc(I)cc1. The van der Waals surface area contributed by atoms with Gasteiger partial charge in [-0.2, -0.15) is 0 Å². The predicted octanol–water partition coefficient (Wildman–Crippen LogP) is 1.32. The van der Waals surface area contributed by atoms with Gasteiger partial charge in [0, 0.05) is 16.2 Å². The second-order valence-electron chi connectivity index (χ2n) is 4.12. The van der Waals surface area contributed by atoms with Crippen LogP contribution in [-0.4, -0.2) is 27.5 Å². The number of piperidine rings is 1. The Hall–Kier alpha value is -0.180. The lowest BCUT2D eigenvalue weighted by atomic mass is 10.1. The molecule has 1 atom stereocenters. The first-order valence-electron chi connectivity index (χ1n) is 5.56. The van der Waals surface area contributed by atoms with Crippen molar-refractivity contribution < 1.29 is 8.42 Å². The Labute approximate surface area is 115 Å². The highest BCUT2D eigenvalue weighted by Gasteiger charge is 2.21. The number of nitrogens with one attached hydrogen (secondary N) is 2. The number of hydrogen-bond donors (Lipinski definition) is 2. The fourth-order valence-electron chi connectivity index (χ4n) is 1.85. The summed E-state index contributed by atoms with van der Waals surface area (Å²) in [6, 6.07) is 6.89. The van der Waals surface area contributed by atoms with Gasteiger partial charge < -0.3 is 5.32 Å². The monoisotopic (exact) mass is 366 g/mol. The van der Waals surface area contributed by atoms with Crippen LogP contribution in [0.4, 0.5) is 0 Å². The summed E-state index contributed by atoms with van der Waals surface area (Å²) in [5, 5.41) is 3.19. The molecule has 0 spiro atoms. The Morgan fingerprint density at radius 2 is 2.00 bits per heavy atom. The van der Waals surface area contributed by atoms with Crippen LogP contribution in [0, 0.1) is 3.57 Å². The molecule has 1 unspecified atom stereocenters. The van der Waals surface area contributed by atoms with E-state index in [9.17, 15) is 8.42 Å². The lowest BCUT2D eigenvalue weighted by molar-refractivity contribution is 0.428. The lowest BCUT2D eigenvalue weighted by Crippen LogP contribution is -2.45. The third-order valence-electron chi connectivity index (χ3n) is 2.74. The van der Waals surface area contributed by atoms with Gasteiger partial charge in [-0.1, -0.05) is 0 Å². The van der Waals surface area contributed by atoms with E-state index in [4.69, 9.17) is 0 Å². The summed E-state index contributed by atoms with van der Waals surface area (Å²) in [6.07, 6.45) is 1.91. The first-order valence-corrected chi connectivity index (χ1v) is 8.13. The van der Waals surface area contributed by atoms with Gasteiger partial charge >= 0.3 is 0 Å². The molecule has 0 amide bonds. The van der Waals surface area contributed by atoms with Crippen molar-refractivity contribution in [2.24, 2.45) is 0 Å². The zero-order chi connectivity index (χ0) is 12.3. The average Bonchev–Trinajstić information content (AvgIpc) is 2.30. The van der Waals surface area contributed by atoms with E-state index in [0.717, 1.165) is 23.0 Å². The van der Waals surface area contributed by atoms with Crippen LogP contribution in [0.1, 0.15) is 12.8 Å². The fraction of sp³-hybridized carbons (Fsp3) is 0.455. The molecule has 6 heteroatoms. The minimum Gasteiger partial charge on any atom is -0.315 e. The zero-order valence-electron chi connectivity index (χ0n) is 9.32. The van der Waals surface area contributed by atoms with Gasteiger partial charge in [0.1, 0.15) is 0 Å². The molecule has 2 rings (SSSR count). The van der Waals surface area contributed by atoms with Crippen molar-refractivity contribution in [2.75, 3.05) is 13.1 Å². The van der Waals surface area contributed by atoms with Crippen LogP contribution in [0.25, 0.3) is 0 Å². The van der Waals surface area contributed by atoms with Gasteiger partial charge in [-0.05, 0) is 66.2 Å². The summed E-state index contributed by atoms with van der Waals surface area (Å²) >= 11 is 2.15. The molecule has 1 aliphatic rings. The molecule has 94 valence electrons. The average molecular weight is 366 g/mol. The minimum atomic E-state index is -3.37. The van der Waals surface area contributed by atoms with Crippen molar-refractivity contribution in [3.8, 4) is 0 Å². The highest BCUT2D eigenvalue weighted by atomic mass is 127. The number of sulfonamides is 1. The van der Waals surface area contributed by atoms with Crippen molar-refractivity contribution in [2.45, 2.75) is 23.8 Å². The summed E-state index contributed by atoms with van der Waals surface area (Å²) in [6.45, 7) is 1.69. The second kappa shape index (κ2) is 5.64. The smallest absolute Gasteiger partial charge is 0.240 e. The quantitative estimate of drug-likeness (QED) is 0.794. The van der Waals surface area contributed by atoms with Crippen molar-refractivity contribution >= 4 is 32.6 Å². The zero-order valence-corrected chi connectivity index (χ0v) is 12.3. The first kappa shape index (κ1) is 13.3. The maximum Gasteiger partial charge on any atom is 0.240 e. The lowest BCUT2D eigenvalue weighted by Gasteiger charge is -2.23. The summed E-state index contributed by atoms with van der Waals surface area (Å²) < 4.78 is 27.9. The summed E-state index contributed by atoms with van der Waals surface area (Å²) in [7, 11) is -3.37. The molecule has 0 aromatic heterocycles. The Kier molecular flexibility index (Phi) is 4.40. The molecule has 0 radical (unpaired) electrons. The molecule has 1 aromatic carbocycles. The Morgan fingerprint density at radius 3 is 2.59 bits per heavy atom. The summed E-state index contributed by atoms with van der Waals surface area (Å²) in [4.78, 5) is 0.337. The van der Waals surface area contributed by atoms with Crippen molar-refractivity contribution in [3.63, 3.8) is 0 Å². The maximum absolute atomic E-state index is 12.1. The maximum atomic E-state index is 12.1. The van der Waals surface area contributed by atoms with Crippen molar-refractivity contribution in [1.29, 1.82) is 0 Å². The third kappa shape index (κ3) is 3.64. The van der Waals surface area contributed by atoms with Crippen LogP contribution < -0.4 is 10.0 Å². The molecule has 0 aliphatic carbocycles. The predicted molar refractivity (Wildman–Crippen MR) is 75.4 cm³/mol. The van der Waals surface area contributed by atoms with Crippen LogP contribution in [0.2, 0.25) is 0 Å². The Balaban J connectivity index is 2.10. The van der Waals surface area contributed by atoms with Crippen LogP contribution in [0.3, 0.4) is 0 Å². The molecule has 17 heavy (non-hydrogen) atoms. The standard InChI is InChI=1S/C11H15IN2O2S/c12-9-3-5-11(6-4-9)17(15,16)14-10-2-1-7-13-8-10/h3-6,10,13-14H,1-2,7-8H2. The molecule has 1 aliphatic heterocycles. The van der Waals surface area contributed by atoms with E-state index in [1.54, 1.807) is 24.3 Å². The van der Waals surface area contributed by atoms with Gasteiger partial charge in [0.2, 0.25) is 10.0 Å². The topological polar surface area (TPSA) is 58.2 Å². The molecule has 1 aromatic rings. The molecule has 1 saturated heterocycles. The number of hydrogen-bond acceptors (Lipinski definition) is 3. The fourth-order valence-corrected chi connectivity index (χ4v) is 3.48. The van der Waals surface area contributed by atoms with E-state index in [1.807, 2.05) is 0 Å². The Morgan fingerprint density at radius 1 is 1.29 bits per heavy atom. The minimum absolute atomic E-state index is 0.00743. The van der Waals surface area contributed by atoms with Gasteiger partial charge in [0.25, 0.3) is 0 Å². The number of rotatable bonds is 3. The molecular formula is C11H15IN2O2S. The van der Waals surface area contributed by atoms with Crippen LogP contribution in [-0.2, 0) is 10.0 Å². The van der Waals surface area contributed by atoms with E-state index in [1.165, 1.54) is 0 Å². The normalized spacial score (nSPS) is 21.4. The second-order valence-corrected chi connectivity index (χ2v) is 7.08. The van der Waals surface area contributed by atoms with E-state index < -0.39 is 10.0 Å². The van der Waals surface area contributed by atoms with E-state index >= 15 is 0 Å². The highest BCUT2D eigenvalue weighted by molar-refractivity contribution is 14.1. The van der Waals surface area contributed by atoms with Crippen LogP contribution in [0.15, 0.2) is 29.2 Å². The molecule has 1 heterocycles. The van der Waals surface area contributed by atoms with Gasteiger partial charge in [-0.25, -0.2) is 13.1 Å². The van der Waals surface area contributed by atoms with Gasteiger partial charge in [-0.15, -0.1) is 0 Å². The Bertz CT molecular complexity index is 467. The van der Waals surface area contributed by atoms with Crippen LogP contribution in [0.5, 0.6) is 0 Å². The summed E-state index contributed by atoms with van der Waals surface area (Å²) in [5.41, 5.74) is 0. The molecule has 0 saturated carbocycles. The van der Waals surface area contributed by atoms with E-state index in [2.05, 4.69) is 32.6 Å². The largest absolute Gasteiger partial charge is 0.315 e. The highest BCUT2D eigenvalue weighted by Crippen LogP contribution is 2.13.